The summed E-state index contributed by atoms with van der Waals surface area (Å²) in [7, 11) is 0. The van der Waals surface area contributed by atoms with Gasteiger partial charge in [0.15, 0.2) is 0 Å². The molecular formula is C19H29NO2. The first kappa shape index (κ1) is 17.0. The maximum atomic E-state index is 10.3. The summed E-state index contributed by atoms with van der Waals surface area (Å²) in [5.74, 6) is 2.28. The normalized spacial score (nSPS) is 24.0. The predicted octanol–water partition coefficient (Wildman–Crippen LogP) is 3.13. The van der Waals surface area contributed by atoms with Crippen LogP contribution < -0.4 is 4.74 Å². The highest BCUT2D eigenvalue weighted by molar-refractivity contribution is 5.34. The van der Waals surface area contributed by atoms with Crippen molar-refractivity contribution in [2.24, 2.45) is 11.8 Å². The van der Waals surface area contributed by atoms with Crippen LogP contribution >= 0.6 is 0 Å². The van der Waals surface area contributed by atoms with Gasteiger partial charge in [-0.3, -0.25) is 0 Å². The number of piperidine rings is 1. The van der Waals surface area contributed by atoms with Gasteiger partial charge in [0.2, 0.25) is 0 Å². The van der Waals surface area contributed by atoms with E-state index >= 15 is 0 Å². The smallest absolute Gasteiger partial charge is 0.122 e. The fourth-order valence-electron chi connectivity index (χ4n) is 3.45. The number of hydrogen-bond acceptors (Lipinski definition) is 3. The quantitative estimate of drug-likeness (QED) is 0.786. The summed E-state index contributed by atoms with van der Waals surface area (Å²) in [6.45, 7) is 11.5. The van der Waals surface area contributed by atoms with E-state index in [4.69, 9.17) is 4.74 Å². The Hall–Kier alpha value is -1.32. The monoisotopic (exact) mass is 303 g/mol. The van der Waals surface area contributed by atoms with Crippen LogP contribution in [0, 0.1) is 11.8 Å². The first-order valence-corrected chi connectivity index (χ1v) is 8.30. The van der Waals surface area contributed by atoms with Crippen molar-refractivity contribution in [3.63, 3.8) is 0 Å². The zero-order valence-corrected chi connectivity index (χ0v) is 13.9. The Bertz CT molecular complexity index is 464. The minimum atomic E-state index is -0.450. The van der Waals surface area contributed by atoms with Gasteiger partial charge in [-0.1, -0.05) is 38.1 Å². The lowest BCUT2D eigenvalue weighted by molar-refractivity contribution is 0.0427. The Balaban J connectivity index is 1.82. The van der Waals surface area contributed by atoms with Crippen molar-refractivity contribution >= 4 is 0 Å². The second kappa shape index (κ2) is 8.35. The Morgan fingerprint density at radius 1 is 1.32 bits per heavy atom. The van der Waals surface area contributed by atoms with Gasteiger partial charge in [0.25, 0.3) is 0 Å². The third-order valence-electron chi connectivity index (χ3n) is 4.18. The van der Waals surface area contributed by atoms with Gasteiger partial charge in [-0.05, 0) is 36.3 Å². The fraction of sp³-hybridized carbons (Fsp3) is 0.579. The number of β-amino-alcohol motifs (C(OH)–C–C–N with tert-alkyl or cyclic N) is 1. The minimum Gasteiger partial charge on any atom is -0.491 e. The van der Waals surface area contributed by atoms with Crippen molar-refractivity contribution in [3.8, 4) is 5.75 Å². The van der Waals surface area contributed by atoms with Gasteiger partial charge >= 0.3 is 0 Å². The standard InChI is InChI=1S/C19H29NO2/c1-4-7-17-8-5-6-9-19(17)22-14-18(21)13-20-11-15(2)10-16(3)12-20/h4-6,8-9,15-16,18,21H,1,7,10-14H2,2-3H3/t15-,16-,18-/m0/s1. The van der Waals surface area contributed by atoms with E-state index in [0.717, 1.165) is 30.8 Å². The lowest BCUT2D eigenvalue weighted by atomic mass is 9.92. The highest BCUT2D eigenvalue weighted by atomic mass is 16.5. The molecule has 1 aromatic rings. The number of benzene rings is 1. The van der Waals surface area contributed by atoms with Gasteiger partial charge in [-0.2, -0.15) is 0 Å². The molecule has 122 valence electrons. The van der Waals surface area contributed by atoms with E-state index in [1.807, 2.05) is 30.3 Å². The molecule has 1 aliphatic heterocycles. The molecule has 1 aromatic carbocycles. The van der Waals surface area contributed by atoms with Crippen LogP contribution in [0.25, 0.3) is 0 Å². The summed E-state index contributed by atoms with van der Waals surface area (Å²) >= 11 is 0. The zero-order chi connectivity index (χ0) is 15.9. The van der Waals surface area contributed by atoms with E-state index in [9.17, 15) is 5.11 Å². The van der Waals surface area contributed by atoms with Crippen LogP contribution in [0.4, 0.5) is 0 Å². The summed E-state index contributed by atoms with van der Waals surface area (Å²) in [5.41, 5.74) is 1.12. The van der Waals surface area contributed by atoms with E-state index < -0.39 is 6.10 Å². The van der Waals surface area contributed by atoms with Gasteiger partial charge < -0.3 is 14.7 Å². The van der Waals surface area contributed by atoms with Gasteiger partial charge in [-0.25, -0.2) is 0 Å². The molecule has 22 heavy (non-hydrogen) atoms. The SMILES string of the molecule is C=CCc1ccccc1OC[C@@H](O)CN1C[C@@H](C)C[C@H](C)C1. The number of rotatable bonds is 7. The summed E-state index contributed by atoms with van der Waals surface area (Å²) in [6.07, 6.45) is 3.50. The van der Waals surface area contributed by atoms with Crippen molar-refractivity contribution in [2.75, 3.05) is 26.2 Å². The largest absolute Gasteiger partial charge is 0.491 e. The van der Waals surface area contributed by atoms with Crippen LogP contribution in [0.5, 0.6) is 5.75 Å². The first-order chi connectivity index (χ1) is 10.6. The molecule has 0 spiro atoms. The van der Waals surface area contributed by atoms with E-state index in [1.165, 1.54) is 6.42 Å². The Morgan fingerprint density at radius 2 is 2.00 bits per heavy atom. The Labute approximate surface area is 134 Å². The number of para-hydroxylation sites is 1. The second-order valence-corrected chi connectivity index (χ2v) is 6.73. The predicted molar refractivity (Wildman–Crippen MR) is 91.2 cm³/mol. The third kappa shape index (κ3) is 5.15. The summed E-state index contributed by atoms with van der Waals surface area (Å²) < 4.78 is 5.82. The number of aliphatic hydroxyl groups is 1. The molecule has 0 unspecified atom stereocenters. The van der Waals surface area contributed by atoms with E-state index in [0.29, 0.717) is 25.0 Å². The molecule has 0 bridgehead atoms. The molecule has 3 nitrogen and oxygen atoms in total. The molecule has 2 rings (SSSR count). The van der Waals surface area contributed by atoms with Crippen LogP contribution in [0.15, 0.2) is 36.9 Å². The van der Waals surface area contributed by atoms with Gasteiger partial charge in [0.1, 0.15) is 18.5 Å². The molecule has 1 N–H and O–H groups in total. The lowest BCUT2D eigenvalue weighted by Crippen LogP contribution is -2.44. The van der Waals surface area contributed by atoms with E-state index in [1.54, 1.807) is 0 Å². The lowest BCUT2D eigenvalue weighted by Gasteiger charge is -2.35. The summed E-state index contributed by atoms with van der Waals surface area (Å²) in [6, 6.07) is 7.95. The second-order valence-electron chi connectivity index (χ2n) is 6.73. The molecule has 0 saturated carbocycles. The molecule has 0 amide bonds. The van der Waals surface area contributed by atoms with Crippen molar-refractivity contribution in [1.82, 2.24) is 4.90 Å². The number of nitrogens with zero attached hydrogens (tertiary/aromatic N) is 1. The molecule has 1 fully saturated rings. The maximum Gasteiger partial charge on any atom is 0.122 e. The number of likely N-dealkylation sites (tertiary alicyclic amines) is 1. The Morgan fingerprint density at radius 3 is 2.68 bits per heavy atom. The van der Waals surface area contributed by atoms with Gasteiger partial charge in [0, 0.05) is 19.6 Å². The van der Waals surface area contributed by atoms with Gasteiger partial charge in [0.05, 0.1) is 0 Å². The zero-order valence-electron chi connectivity index (χ0n) is 13.9. The molecule has 1 aliphatic rings. The van der Waals surface area contributed by atoms with Crippen molar-refractivity contribution < 1.29 is 9.84 Å². The van der Waals surface area contributed by atoms with E-state index in [-0.39, 0.29) is 0 Å². The number of hydrogen-bond donors (Lipinski definition) is 1. The van der Waals surface area contributed by atoms with Crippen LogP contribution in [0.1, 0.15) is 25.8 Å². The van der Waals surface area contributed by atoms with Crippen molar-refractivity contribution in [1.29, 1.82) is 0 Å². The van der Waals surface area contributed by atoms with Crippen molar-refractivity contribution in [3.05, 3.63) is 42.5 Å². The van der Waals surface area contributed by atoms with E-state index in [2.05, 4.69) is 25.3 Å². The first-order valence-electron chi connectivity index (χ1n) is 8.30. The fourth-order valence-corrected chi connectivity index (χ4v) is 3.45. The van der Waals surface area contributed by atoms with Crippen LogP contribution in [0.3, 0.4) is 0 Å². The van der Waals surface area contributed by atoms with Crippen molar-refractivity contribution in [2.45, 2.75) is 32.8 Å². The highest BCUT2D eigenvalue weighted by Gasteiger charge is 2.23. The topological polar surface area (TPSA) is 32.7 Å². The molecule has 0 radical (unpaired) electrons. The molecular weight excluding hydrogens is 274 g/mol. The van der Waals surface area contributed by atoms with Crippen LogP contribution in [-0.2, 0) is 6.42 Å². The molecule has 1 saturated heterocycles. The Kier molecular flexibility index (Phi) is 6.47. The number of aliphatic hydroxyl groups excluding tert-OH is 1. The minimum absolute atomic E-state index is 0.341. The molecule has 3 atom stereocenters. The molecule has 3 heteroatoms. The molecule has 1 heterocycles. The summed E-state index contributed by atoms with van der Waals surface area (Å²) in [5, 5.41) is 10.3. The average molecular weight is 303 g/mol. The third-order valence-corrected chi connectivity index (χ3v) is 4.18. The molecule has 0 aliphatic carbocycles. The van der Waals surface area contributed by atoms with Crippen LogP contribution in [0.2, 0.25) is 0 Å². The molecule has 0 aromatic heterocycles. The average Bonchev–Trinajstić information content (AvgIpc) is 2.45. The number of allylic oxidation sites excluding steroid dienone is 1. The van der Waals surface area contributed by atoms with Gasteiger partial charge in [-0.15, -0.1) is 6.58 Å². The number of ether oxygens (including phenoxy) is 1. The maximum absolute atomic E-state index is 10.3. The highest BCUT2D eigenvalue weighted by Crippen LogP contribution is 2.22. The van der Waals surface area contributed by atoms with Crippen LogP contribution in [-0.4, -0.2) is 42.4 Å². The summed E-state index contributed by atoms with van der Waals surface area (Å²) in [4.78, 5) is 2.36.